The summed E-state index contributed by atoms with van der Waals surface area (Å²) in [6, 6.07) is 7.49. The monoisotopic (exact) mass is 469 g/mol. The number of halogens is 2. The minimum absolute atomic E-state index is 0.0719. The summed E-state index contributed by atoms with van der Waals surface area (Å²) in [7, 11) is 1.62. The van der Waals surface area contributed by atoms with E-state index in [0.717, 1.165) is 17.1 Å². The Kier molecular flexibility index (Phi) is 7.32. The second kappa shape index (κ2) is 10.3. The second-order valence-electron chi connectivity index (χ2n) is 6.61. The summed E-state index contributed by atoms with van der Waals surface area (Å²) in [5.41, 5.74) is -0.489. The van der Waals surface area contributed by atoms with Crippen LogP contribution in [0.15, 0.2) is 46.4 Å². The van der Waals surface area contributed by atoms with Gasteiger partial charge in [-0.3, -0.25) is 14.2 Å². The van der Waals surface area contributed by atoms with Crippen LogP contribution in [0.5, 0.6) is 11.5 Å². The lowest BCUT2D eigenvalue weighted by atomic mass is 10.1. The van der Waals surface area contributed by atoms with E-state index < -0.39 is 17.8 Å². The molecule has 1 aromatic carbocycles. The number of nitriles is 1. The van der Waals surface area contributed by atoms with Crippen molar-refractivity contribution in [2.45, 2.75) is 13.2 Å². The first-order valence-electron chi connectivity index (χ1n) is 9.39. The third-order valence-electron chi connectivity index (χ3n) is 4.37. The first-order chi connectivity index (χ1) is 15.9. The Morgan fingerprint density at radius 3 is 2.85 bits per heavy atom. The van der Waals surface area contributed by atoms with Gasteiger partial charge in [-0.05, 0) is 24.3 Å². The van der Waals surface area contributed by atoms with E-state index >= 15 is 0 Å². The first kappa shape index (κ1) is 23.4. The van der Waals surface area contributed by atoms with Crippen molar-refractivity contribution >= 4 is 23.4 Å². The lowest BCUT2D eigenvalue weighted by Crippen LogP contribution is -2.25. The fourth-order valence-electron chi connectivity index (χ4n) is 2.89. The number of hydrogen-bond acceptors (Lipinski definition) is 8. The van der Waals surface area contributed by atoms with Gasteiger partial charge in [-0.1, -0.05) is 11.6 Å². The van der Waals surface area contributed by atoms with Crippen molar-refractivity contribution in [3.63, 3.8) is 0 Å². The molecule has 0 spiro atoms. The van der Waals surface area contributed by atoms with Gasteiger partial charge in [0.2, 0.25) is 5.75 Å². The zero-order valence-corrected chi connectivity index (χ0v) is 18.0. The molecule has 0 saturated carbocycles. The van der Waals surface area contributed by atoms with Crippen LogP contribution in [-0.2, 0) is 13.2 Å². The van der Waals surface area contributed by atoms with Gasteiger partial charge in [0.15, 0.2) is 0 Å². The Balaban J connectivity index is 2.02. The maximum atomic E-state index is 13.5. The molecule has 0 aliphatic heterocycles. The van der Waals surface area contributed by atoms with Crippen molar-refractivity contribution in [1.82, 2.24) is 25.1 Å². The van der Waals surface area contributed by atoms with E-state index in [1.165, 1.54) is 30.5 Å². The fraction of sp³-hybridized carbons (Fsp3) is 0.143. The highest BCUT2D eigenvalue weighted by molar-refractivity contribution is 6.30. The Hall–Kier alpha value is -4.30. The molecular formula is C21H17ClFN7O3. The largest absolute Gasteiger partial charge is 0.449 e. The number of nitrogens with zero attached hydrogens (tertiary/aromatic N) is 4. The predicted octanol–water partition coefficient (Wildman–Crippen LogP) is 2.37. The third kappa shape index (κ3) is 5.31. The molecule has 0 fully saturated rings. The number of H-pyrrole nitrogens is 1. The van der Waals surface area contributed by atoms with Crippen molar-refractivity contribution in [2.24, 2.45) is 0 Å². The maximum Gasteiger partial charge on any atom is 0.297 e. The van der Waals surface area contributed by atoms with Crippen LogP contribution in [-0.4, -0.2) is 33.0 Å². The summed E-state index contributed by atoms with van der Waals surface area (Å²) in [5.74, 6) is -0.297. The van der Waals surface area contributed by atoms with Gasteiger partial charge in [0.05, 0.1) is 35.8 Å². The SMILES string of the molecule is CN/C=C(\C=N)c1cc(Cn2cnc(CF)c(Oc3cc(Cl)cc(C#N)c3)c2=O)n[nH]c1=O. The fourth-order valence-corrected chi connectivity index (χ4v) is 3.11. The Labute approximate surface area is 191 Å². The second-order valence-corrected chi connectivity index (χ2v) is 7.05. The molecule has 0 bridgehead atoms. The first-order valence-corrected chi connectivity index (χ1v) is 9.77. The number of aromatic nitrogens is 4. The minimum atomic E-state index is -1.06. The van der Waals surface area contributed by atoms with Crippen LogP contribution in [0.2, 0.25) is 5.02 Å². The molecule has 0 amide bonds. The molecule has 12 heteroatoms. The van der Waals surface area contributed by atoms with Crippen molar-refractivity contribution in [2.75, 3.05) is 7.05 Å². The summed E-state index contributed by atoms with van der Waals surface area (Å²) < 4.78 is 20.2. The maximum absolute atomic E-state index is 13.5. The lowest BCUT2D eigenvalue weighted by molar-refractivity contribution is 0.417. The number of rotatable bonds is 8. The highest BCUT2D eigenvalue weighted by Gasteiger charge is 2.16. The number of allylic oxidation sites excluding steroid dienone is 1. The van der Waals surface area contributed by atoms with E-state index in [0.29, 0.717) is 5.57 Å². The lowest BCUT2D eigenvalue weighted by Gasteiger charge is -2.12. The molecule has 33 heavy (non-hydrogen) atoms. The topological polar surface area (TPSA) is 150 Å². The molecule has 0 unspecified atom stereocenters. The molecule has 3 rings (SSSR count). The zero-order valence-electron chi connectivity index (χ0n) is 17.2. The summed E-state index contributed by atoms with van der Waals surface area (Å²) >= 11 is 5.97. The van der Waals surface area contributed by atoms with Gasteiger partial charge in [-0.15, -0.1) is 0 Å². The van der Waals surface area contributed by atoms with Gasteiger partial charge < -0.3 is 15.5 Å². The van der Waals surface area contributed by atoms with Gasteiger partial charge in [0.1, 0.15) is 18.1 Å². The summed E-state index contributed by atoms with van der Waals surface area (Å²) in [6.45, 7) is -1.18. The molecule has 2 heterocycles. The van der Waals surface area contributed by atoms with Gasteiger partial charge in [-0.25, -0.2) is 14.5 Å². The molecule has 0 saturated heterocycles. The number of benzene rings is 1. The molecule has 0 aliphatic rings. The van der Waals surface area contributed by atoms with Gasteiger partial charge in [0, 0.05) is 30.1 Å². The normalized spacial score (nSPS) is 11.0. The molecule has 3 aromatic rings. The third-order valence-corrected chi connectivity index (χ3v) is 4.59. The van der Waals surface area contributed by atoms with Crippen molar-refractivity contribution in [3.05, 3.63) is 85.0 Å². The highest BCUT2D eigenvalue weighted by atomic mass is 35.5. The highest BCUT2D eigenvalue weighted by Crippen LogP contribution is 2.26. The van der Waals surface area contributed by atoms with Crippen LogP contribution < -0.4 is 21.2 Å². The quantitative estimate of drug-likeness (QED) is 0.428. The standard InChI is InChI=1S/C21H17ClFN7O3/c1-26-9-13(8-25)17-5-15(28-29-20(17)31)10-30-11-27-18(6-23)19(21(30)32)33-16-3-12(7-24)2-14(22)4-16/h2-5,8-9,11,25-26H,6,10H2,1H3,(H,29,31)/b13-9+,25-8?. The average Bonchev–Trinajstić information content (AvgIpc) is 2.81. The Morgan fingerprint density at radius 1 is 1.39 bits per heavy atom. The van der Waals surface area contributed by atoms with Gasteiger partial charge in [-0.2, -0.15) is 10.4 Å². The molecule has 3 N–H and O–H groups in total. The van der Waals surface area contributed by atoms with Crippen molar-refractivity contribution < 1.29 is 9.13 Å². The zero-order chi connectivity index (χ0) is 24.0. The Bertz CT molecular complexity index is 1390. The van der Waals surface area contributed by atoms with Crippen LogP contribution in [0.3, 0.4) is 0 Å². The van der Waals surface area contributed by atoms with E-state index in [4.69, 9.17) is 27.0 Å². The van der Waals surface area contributed by atoms with Crippen LogP contribution in [0.4, 0.5) is 4.39 Å². The Morgan fingerprint density at radius 2 is 2.18 bits per heavy atom. The number of hydrogen-bond donors (Lipinski definition) is 3. The molecule has 10 nitrogen and oxygen atoms in total. The van der Waals surface area contributed by atoms with Crippen molar-refractivity contribution in [3.8, 4) is 17.6 Å². The van der Waals surface area contributed by atoms with E-state index in [1.54, 1.807) is 7.05 Å². The van der Waals surface area contributed by atoms with Gasteiger partial charge >= 0.3 is 0 Å². The number of ether oxygens (including phenoxy) is 1. The summed E-state index contributed by atoms with van der Waals surface area (Å²) in [5, 5.41) is 25.8. The summed E-state index contributed by atoms with van der Waals surface area (Å²) in [4.78, 5) is 29.1. The number of aromatic amines is 1. The molecule has 168 valence electrons. The van der Waals surface area contributed by atoms with E-state index in [-0.39, 0.29) is 45.6 Å². The summed E-state index contributed by atoms with van der Waals surface area (Å²) in [6.07, 6.45) is 3.61. The van der Waals surface area contributed by atoms with Crippen LogP contribution in [0.25, 0.3) is 5.57 Å². The van der Waals surface area contributed by atoms with Crippen LogP contribution in [0.1, 0.15) is 22.5 Å². The number of nitrogens with one attached hydrogen (secondary N) is 3. The molecular weight excluding hydrogens is 453 g/mol. The number of alkyl halides is 1. The van der Waals surface area contributed by atoms with Crippen LogP contribution >= 0.6 is 11.6 Å². The predicted molar refractivity (Wildman–Crippen MR) is 119 cm³/mol. The van der Waals surface area contributed by atoms with Crippen molar-refractivity contribution in [1.29, 1.82) is 10.7 Å². The molecule has 0 aliphatic carbocycles. The average molecular weight is 470 g/mol. The molecule has 0 radical (unpaired) electrons. The van der Waals surface area contributed by atoms with Crippen LogP contribution in [0, 0.1) is 16.7 Å². The minimum Gasteiger partial charge on any atom is -0.449 e. The van der Waals surface area contributed by atoms with Gasteiger partial charge in [0.25, 0.3) is 11.1 Å². The van der Waals surface area contributed by atoms with E-state index in [1.807, 2.05) is 6.07 Å². The van der Waals surface area contributed by atoms with E-state index in [2.05, 4.69) is 20.5 Å². The molecule has 2 aromatic heterocycles. The molecule has 0 atom stereocenters. The smallest absolute Gasteiger partial charge is 0.297 e. The van der Waals surface area contributed by atoms with E-state index in [9.17, 15) is 14.0 Å².